The van der Waals surface area contributed by atoms with E-state index in [0.29, 0.717) is 6.61 Å². The average Bonchev–Trinajstić information content (AvgIpc) is 2.40. The molecule has 0 unspecified atom stereocenters. The van der Waals surface area contributed by atoms with Gasteiger partial charge in [0.2, 0.25) is 0 Å². The van der Waals surface area contributed by atoms with Crippen molar-refractivity contribution in [1.82, 2.24) is 0 Å². The van der Waals surface area contributed by atoms with Crippen molar-refractivity contribution in [3.05, 3.63) is 0 Å². The Morgan fingerprint density at radius 3 is 1.58 bits per heavy atom. The van der Waals surface area contributed by atoms with Crippen LogP contribution in [0.3, 0.4) is 0 Å². The first kappa shape index (κ1) is 18.9. The van der Waals surface area contributed by atoms with Crippen molar-refractivity contribution >= 4 is 0 Å². The standard InChI is InChI=1S/C16H34O3/c1-5-9-12-13-16(17-8-4,18-14-10-6-2)19-15-11-7-3/h5-15H2,1-4H3. The number of ether oxygens (including phenoxy) is 3. The lowest BCUT2D eigenvalue weighted by Gasteiger charge is -2.33. The zero-order valence-corrected chi connectivity index (χ0v) is 13.5. The fourth-order valence-electron chi connectivity index (χ4n) is 1.90. The van der Waals surface area contributed by atoms with Crippen molar-refractivity contribution in [3.8, 4) is 0 Å². The fourth-order valence-corrected chi connectivity index (χ4v) is 1.90. The van der Waals surface area contributed by atoms with Gasteiger partial charge in [0.25, 0.3) is 5.97 Å². The second-order valence-corrected chi connectivity index (χ2v) is 4.98. The van der Waals surface area contributed by atoms with E-state index in [1.54, 1.807) is 0 Å². The Morgan fingerprint density at radius 2 is 1.16 bits per heavy atom. The number of hydrogen-bond acceptors (Lipinski definition) is 3. The molecule has 0 rings (SSSR count). The lowest BCUT2D eigenvalue weighted by Crippen LogP contribution is -2.40. The molecule has 0 amide bonds. The molecule has 19 heavy (non-hydrogen) atoms. The molecule has 0 aromatic carbocycles. The molecule has 3 nitrogen and oxygen atoms in total. The minimum Gasteiger partial charge on any atom is -0.328 e. The smallest absolute Gasteiger partial charge is 0.282 e. The molecular formula is C16H34O3. The van der Waals surface area contributed by atoms with Gasteiger partial charge in [0, 0.05) is 13.0 Å². The summed E-state index contributed by atoms with van der Waals surface area (Å²) in [6.07, 6.45) is 8.70. The Kier molecular flexibility index (Phi) is 12.8. The lowest BCUT2D eigenvalue weighted by molar-refractivity contribution is -0.383. The molecule has 0 aliphatic carbocycles. The van der Waals surface area contributed by atoms with E-state index in [1.807, 2.05) is 6.92 Å². The van der Waals surface area contributed by atoms with Gasteiger partial charge in [-0.1, -0.05) is 46.5 Å². The molecule has 0 N–H and O–H groups in total. The van der Waals surface area contributed by atoms with Gasteiger partial charge < -0.3 is 14.2 Å². The minimum absolute atomic E-state index is 0.629. The molecule has 0 atom stereocenters. The highest BCUT2D eigenvalue weighted by atomic mass is 16.9. The van der Waals surface area contributed by atoms with Gasteiger partial charge in [-0.2, -0.15) is 0 Å². The summed E-state index contributed by atoms with van der Waals surface area (Å²) in [5, 5.41) is 0. The zero-order valence-electron chi connectivity index (χ0n) is 13.5. The SMILES string of the molecule is CCCCCC(OCC)(OCCCC)OCCCC. The molecule has 0 bridgehead atoms. The second-order valence-electron chi connectivity index (χ2n) is 4.98. The van der Waals surface area contributed by atoms with Gasteiger partial charge in [0.15, 0.2) is 0 Å². The molecule has 0 heterocycles. The van der Waals surface area contributed by atoms with Crippen LogP contribution in [-0.2, 0) is 14.2 Å². The Labute approximate surface area is 120 Å². The van der Waals surface area contributed by atoms with Crippen LogP contribution in [0.1, 0.15) is 79.1 Å². The molecular weight excluding hydrogens is 240 g/mol. The van der Waals surface area contributed by atoms with Crippen LogP contribution in [0.15, 0.2) is 0 Å². The van der Waals surface area contributed by atoms with Crippen LogP contribution in [-0.4, -0.2) is 25.8 Å². The van der Waals surface area contributed by atoms with Crippen molar-refractivity contribution in [2.24, 2.45) is 0 Å². The predicted octanol–water partition coefficient (Wildman–Crippen LogP) is 4.89. The first-order valence-electron chi connectivity index (χ1n) is 8.16. The summed E-state index contributed by atoms with van der Waals surface area (Å²) in [6.45, 7) is 10.6. The number of hydrogen-bond donors (Lipinski definition) is 0. The summed E-state index contributed by atoms with van der Waals surface area (Å²) in [6, 6.07) is 0. The summed E-state index contributed by atoms with van der Waals surface area (Å²) in [5.41, 5.74) is 0. The van der Waals surface area contributed by atoms with E-state index < -0.39 is 5.97 Å². The second kappa shape index (κ2) is 12.9. The first-order valence-corrected chi connectivity index (χ1v) is 8.16. The largest absolute Gasteiger partial charge is 0.328 e. The van der Waals surface area contributed by atoms with Crippen molar-refractivity contribution in [3.63, 3.8) is 0 Å². The van der Waals surface area contributed by atoms with E-state index in [0.717, 1.165) is 51.7 Å². The molecule has 116 valence electrons. The highest BCUT2D eigenvalue weighted by Gasteiger charge is 2.32. The monoisotopic (exact) mass is 274 g/mol. The average molecular weight is 274 g/mol. The first-order chi connectivity index (χ1) is 9.24. The van der Waals surface area contributed by atoms with Crippen molar-refractivity contribution in [2.45, 2.75) is 85.0 Å². The Hall–Kier alpha value is -0.120. The van der Waals surface area contributed by atoms with Gasteiger partial charge in [-0.15, -0.1) is 0 Å². The molecule has 0 saturated heterocycles. The number of unbranched alkanes of at least 4 members (excludes halogenated alkanes) is 4. The van der Waals surface area contributed by atoms with Gasteiger partial charge >= 0.3 is 0 Å². The molecule has 0 aliphatic heterocycles. The third kappa shape index (κ3) is 9.42. The topological polar surface area (TPSA) is 27.7 Å². The van der Waals surface area contributed by atoms with Crippen LogP contribution in [0.4, 0.5) is 0 Å². The maximum Gasteiger partial charge on any atom is 0.282 e. The minimum atomic E-state index is -0.797. The van der Waals surface area contributed by atoms with Gasteiger partial charge in [-0.3, -0.25) is 0 Å². The van der Waals surface area contributed by atoms with E-state index in [-0.39, 0.29) is 0 Å². The molecule has 0 aromatic heterocycles. The molecule has 0 spiro atoms. The van der Waals surface area contributed by atoms with Gasteiger partial charge in [-0.05, 0) is 26.2 Å². The van der Waals surface area contributed by atoms with Gasteiger partial charge in [0.1, 0.15) is 0 Å². The maximum absolute atomic E-state index is 5.96. The zero-order chi connectivity index (χ0) is 14.4. The normalized spacial score (nSPS) is 12.0. The highest BCUT2D eigenvalue weighted by Crippen LogP contribution is 2.24. The van der Waals surface area contributed by atoms with Crippen molar-refractivity contribution < 1.29 is 14.2 Å². The molecule has 0 saturated carbocycles. The van der Waals surface area contributed by atoms with E-state index in [9.17, 15) is 0 Å². The van der Waals surface area contributed by atoms with Crippen LogP contribution >= 0.6 is 0 Å². The third-order valence-electron chi connectivity index (χ3n) is 3.09. The molecule has 3 heteroatoms. The van der Waals surface area contributed by atoms with Crippen molar-refractivity contribution in [1.29, 1.82) is 0 Å². The third-order valence-corrected chi connectivity index (χ3v) is 3.09. The van der Waals surface area contributed by atoms with Crippen LogP contribution < -0.4 is 0 Å². The van der Waals surface area contributed by atoms with E-state index >= 15 is 0 Å². The Balaban J connectivity index is 4.37. The quantitative estimate of drug-likeness (QED) is 0.333. The molecule has 0 fully saturated rings. The van der Waals surface area contributed by atoms with E-state index in [4.69, 9.17) is 14.2 Å². The highest BCUT2D eigenvalue weighted by molar-refractivity contribution is 4.60. The van der Waals surface area contributed by atoms with Crippen molar-refractivity contribution in [2.75, 3.05) is 19.8 Å². The summed E-state index contributed by atoms with van der Waals surface area (Å²) in [7, 11) is 0. The van der Waals surface area contributed by atoms with Crippen LogP contribution in [0, 0.1) is 0 Å². The maximum atomic E-state index is 5.96. The Bertz CT molecular complexity index is 156. The lowest BCUT2D eigenvalue weighted by atomic mass is 10.2. The van der Waals surface area contributed by atoms with Gasteiger partial charge in [0.05, 0.1) is 13.2 Å². The van der Waals surface area contributed by atoms with Crippen LogP contribution in [0.5, 0.6) is 0 Å². The molecule has 0 radical (unpaired) electrons. The predicted molar refractivity (Wildman–Crippen MR) is 80.2 cm³/mol. The summed E-state index contributed by atoms with van der Waals surface area (Å²) in [4.78, 5) is 0. The summed E-state index contributed by atoms with van der Waals surface area (Å²) < 4.78 is 17.7. The van der Waals surface area contributed by atoms with Crippen LogP contribution in [0.25, 0.3) is 0 Å². The van der Waals surface area contributed by atoms with E-state index in [2.05, 4.69) is 20.8 Å². The van der Waals surface area contributed by atoms with E-state index in [1.165, 1.54) is 12.8 Å². The molecule has 0 aliphatic rings. The summed E-state index contributed by atoms with van der Waals surface area (Å²) in [5.74, 6) is -0.797. The Morgan fingerprint density at radius 1 is 0.632 bits per heavy atom. The number of rotatable bonds is 14. The van der Waals surface area contributed by atoms with Gasteiger partial charge in [-0.25, -0.2) is 0 Å². The summed E-state index contributed by atoms with van der Waals surface area (Å²) >= 11 is 0. The molecule has 0 aromatic rings. The fraction of sp³-hybridized carbons (Fsp3) is 1.00. The van der Waals surface area contributed by atoms with Crippen LogP contribution in [0.2, 0.25) is 0 Å².